The van der Waals surface area contributed by atoms with Gasteiger partial charge in [0.2, 0.25) is 25.7 Å². The highest BCUT2D eigenvalue weighted by atomic mass is 32.2. The number of thiophene rings is 1. The van der Waals surface area contributed by atoms with Crippen molar-refractivity contribution >= 4 is 37.1 Å². The molecule has 0 aliphatic carbocycles. The van der Waals surface area contributed by atoms with Crippen molar-refractivity contribution in [3.63, 3.8) is 0 Å². The van der Waals surface area contributed by atoms with Crippen LogP contribution in [0.4, 0.5) is 0 Å². The topological polar surface area (TPSA) is 204 Å². The standard InChI is InChI=1S/C18H19N5O8S3/c19-16(26)17-20-9-23(22-17)18-15(25)14(24)12(31-18)7-21-34(29,30)13-6-11(8-32-13)33(27,28)10-4-2-1-3-5-10/h1-6,8-9,12,14-15,18,21,24-25H,7H2,(H2,19,26)/t12-,14-,15-,18-/m1/s1. The first-order chi connectivity index (χ1) is 16.0. The van der Waals surface area contributed by atoms with Crippen LogP contribution in [0.5, 0.6) is 0 Å². The van der Waals surface area contributed by atoms with Crippen molar-refractivity contribution in [1.29, 1.82) is 0 Å². The van der Waals surface area contributed by atoms with E-state index in [1.807, 2.05) is 0 Å². The molecule has 16 heteroatoms. The number of aliphatic hydroxyl groups excluding tert-OH is 2. The average molecular weight is 530 g/mol. The van der Waals surface area contributed by atoms with E-state index in [4.69, 9.17) is 10.5 Å². The number of carbonyl (C=O) groups excluding carboxylic acids is 1. The largest absolute Gasteiger partial charge is 0.387 e. The highest BCUT2D eigenvalue weighted by Gasteiger charge is 2.44. The lowest BCUT2D eigenvalue weighted by Crippen LogP contribution is -2.39. The van der Waals surface area contributed by atoms with E-state index in [-0.39, 0.29) is 19.8 Å². The molecule has 1 aliphatic rings. The number of nitrogens with two attached hydrogens (primary N) is 1. The number of carbonyl (C=O) groups is 1. The first-order valence-electron chi connectivity index (χ1n) is 9.61. The maximum Gasteiger partial charge on any atom is 0.288 e. The summed E-state index contributed by atoms with van der Waals surface area (Å²) in [5, 5.41) is 25.5. The summed E-state index contributed by atoms with van der Waals surface area (Å²) in [7, 11) is -8.06. The van der Waals surface area contributed by atoms with Crippen LogP contribution in [0.1, 0.15) is 16.8 Å². The monoisotopic (exact) mass is 529 g/mol. The summed E-state index contributed by atoms with van der Waals surface area (Å²) in [6, 6.07) is 8.62. The summed E-state index contributed by atoms with van der Waals surface area (Å²) in [5.41, 5.74) is 5.08. The molecule has 0 bridgehead atoms. The molecule has 4 atom stereocenters. The number of sulfonamides is 1. The minimum atomic E-state index is -4.16. The fourth-order valence-corrected chi connectivity index (χ4v) is 7.20. The summed E-state index contributed by atoms with van der Waals surface area (Å²) in [5.74, 6) is -1.23. The highest BCUT2D eigenvalue weighted by Crippen LogP contribution is 2.30. The normalized spacial score (nSPS) is 23.2. The van der Waals surface area contributed by atoms with Gasteiger partial charge in [0, 0.05) is 11.9 Å². The molecule has 0 unspecified atom stereocenters. The Morgan fingerprint density at radius 1 is 1.15 bits per heavy atom. The van der Waals surface area contributed by atoms with Gasteiger partial charge in [0.05, 0.1) is 9.79 Å². The number of nitrogens with zero attached hydrogens (tertiary/aromatic N) is 3. The molecule has 1 fully saturated rings. The van der Waals surface area contributed by atoms with Crippen LogP contribution in [-0.4, -0.2) is 72.6 Å². The van der Waals surface area contributed by atoms with Crippen LogP contribution in [0, 0.1) is 0 Å². The summed E-state index contributed by atoms with van der Waals surface area (Å²) in [6.45, 7) is -0.437. The Balaban J connectivity index is 1.46. The molecule has 1 aliphatic heterocycles. The molecular weight excluding hydrogens is 510 g/mol. The van der Waals surface area contributed by atoms with E-state index < -0.39 is 56.9 Å². The van der Waals surface area contributed by atoms with E-state index in [1.54, 1.807) is 18.2 Å². The number of sulfone groups is 1. The minimum absolute atomic E-state index is 0.0276. The van der Waals surface area contributed by atoms with Crippen LogP contribution in [-0.2, 0) is 24.6 Å². The fraction of sp³-hybridized carbons (Fsp3) is 0.278. The van der Waals surface area contributed by atoms with Gasteiger partial charge < -0.3 is 20.7 Å². The predicted octanol–water partition coefficient (Wildman–Crippen LogP) is -1.13. The van der Waals surface area contributed by atoms with Gasteiger partial charge in [0.25, 0.3) is 5.91 Å². The SMILES string of the molecule is NC(=O)c1ncn([C@@H]2O[C@H](CNS(=O)(=O)c3cc(S(=O)(=O)c4ccccc4)cs3)[C@@H](O)[C@H]2O)n1. The summed E-state index contributed by atoms with van der Waals surface area (Å²) in [6.07, 6.45) is -4.33. The molecule has 0 spiro atoms. The van der Waals surface area contributed by atoms with Gasteiger partial charge in [0.1, 0.15) is 28.8 Å². The van der Waals surface area contributed by atoms with Crippen molar-refractivity contribution in [3.8, 4) is 0 Å². The molecule has 2 aromatic heterocycles. The molecule has 34 heavy (non-hydrogen) atoms. The first-order valence-corrected chi connectivity index (χ1v) is 13.5. The maximum absolute atomic E-state index is 12.7. The molecule has 182 valence electrons. The number of nitrogens with one attached hydrogen (secondary N) is 1. The molecule has 1 amide bonds. The van der Waals surface area contributed by atoms with Crippen molar-refractivity contribution in [3.05, 3.63) is 53.9 Å². The van der Waals surface area contributed by atoms with E-state index in [9.17, 15) is 31.8 Å². The molecule has 4 rings (SSSR count). The first kappa shape index (κ1) is 24.4. The summed E-state index contributed by atoms with van der Waals surface area (Å²) < 4.78 is 59.3. The lowest BCUT2D eigenvalue weighted by Gasteiger charge is -2.14. The van der Waals surface area contributed by atoms with E-state index in [2.05, 4.69) is 14.8 Å². The average Bonchev–Trinajstić information content (AvgIpc) is 3.54. The van der Waals surface area contributed by atoms with E-state index in [0.717, 1.165) is 17.1 Å². The molecule has 0 radical (unpaired) electrons. The molecule has 1 saturated heterocycles. The van der Waals surface area contributed by atoms with Crippen molar-refractivity contribution < 1.29 is 36.6 Å². The lowest BCUT2D eigenvalue weighted by molar-refractivity contribution is -0.0428. The minimum Gasteiger partial charge on any atom is -0.387 e. The van der Waals surface area contributed by atoms with Gasteiger partial charge in [-0.05, 0) is 18.2 Å². The van der Waals surface area contributed by atoms with E-state index in [1.165, 1.54) is 17.5 Å². The molecule has 5 N–H and O–H groups in total. The van der Waals surface area contributed by atoms with Gasteiger partial charge in [-0.25, -0.2) is 31.2 Å². The molecule has 3 aromatic rings. The van der Waals surface area contributed by atoms with Gasteiger partial charge in [-0.15, -0.1) is 16.4 Å². The number of hydrogen-bond donors (Lipinski definition) is 4. The third-order valence-electron chi connectivity index (χ3n) is 4.98. The Bertz CT molecular complexity index is 1400. The second-order valence-corrected chi connectivity index (χ2v) is 12.1. The number of amides is 1. The fourth-order valence-electron chi connectivity index (χ4n) is 3.21. The number of primary amides is 1. The molecular formula is C18H19N5O8S3. The van der Waals surface area contributed by atoms with Gasteiger partial charge in [0.15, 0.2) is 6.23 Å². The second-order valence-electron chi connectivity index (χ2n) is 7.23. The van der Waals surface area contributed by atoms with Crippen LogP contribution in [0.25, 0.3) is 0 Å². The van der Waals surface area contributed by atoms with Crippen LogP contribution in [0.15, 0.2) is 62.1 Å². The van der Waals surface area contributed by atoms with Crippen LogP contribution in [0.2, 0.25) is 0 Å². The van der Waals surface area contributed by atoms with Gasteiger partial charge in [-0.2, -0.15) is 0 Å². The number of rotatable bonds is 8. The molecule has 3 heterocycles. The zero-order valence-corrected chi connectivity index (χ0v) is 19.6. The Hall–Kier alpha value is -2.73. The second kappa shape index (κ2) is 9.14. The number of aromatic nitrogens is 3. The van der Waals surface area contributed by atoms with Crippen molar-refractivity contribution in [2.75, 3.05) is 6.54 Å². The lowest BCUT2D eigenvalue weighted by atomic mass is 10.1. The van der Waals surface area contributed by atoms with Crippen LogP contribution >= 0.6 is 11.3 Å². The smallest absolute Gasteiger partial charge is 0.288 e. The molecule has 0 saturated carbocycles. The quantitative estimate of drug-likeness (QED) is 0.276. The van der Waals surface area contributed by atoms with Gasteiger partial charge in [-0.3, -0.25) is 4.79 Å². The summed E-state index contributed by atoms with van der Waals surface area (Å²) in [4.78, 5) is 14.7. The Morgan fingerprint density at radius 2 is 1.85 bits per heavy atom. The van der Waals surface area contributed by atoms with Crippen LogP contribution < -0.4 is 10.5 Å². The third-order valence-corrected chi connectivity index (χ3v) is 9.74. The predicted molar refractivity (Wildman–Crippen MR) is 116 cm³/mol. The zero-order chi connectivity index (χ0) is 24.7. The number of hydrogen-bond acceptors (Lipinski definition) is 11. The van der Waals surface area contributed by atoms with Gasteiger partial charge in [-0.1, -0.05) is 18.2 Å². The number of aliphatic hydroxyl groups is 2. The summed E-state index contributed by atoms with van der Waals surface area (Å²) >= 11 is 0.716. The number of ether oxygens (including phenoxy) is 1. The Labute approximate surface area is 197 Å². The van der Waals surface area contributed by atoms with Crippen molar-refractivity contribution in [2.24, 2.45) is 5.73 Å². The molecule has 1 aromatic carbocycles. The zero-order valence-electron chi connectivity index (χ0n) is 17.1. The van der Waals surface area contributed by atoms with Crippen LogP contribution in [0.3, 0.4) is 0 Å². The Morgan fingerprint density at radius 3 is 2.50 bits per heavy atom. The van der Waals surface area contributed by atoms with E-state index >= 15 is 0 Å². The van der Waals surface area contributed by atoms with Gasteiger partial charge >= 0.3 is 0 Å². The maximum atomic E-state index is 12.7. The van der Waals surface area contributed by atoms with E-state index in [0.29, 0.717) is 11.3 Å². The van der Waals surface area contributed by atoms with Crippen molar-refractivity contribution in [1.82, 2.24) is 19.5 Å². The third kappa shape index (κ3) is 4.61. The molecule has 13 nitrogen and oxygen atoms in total. The van der Waals surface area contributed by atoms with Crippen molar-refractivity contribution in [2.45, 2.75) is 38.5 Å². The Kier molecular flexibility index (Phi) is 6.56. The highest BCUT2D eigenvalue weighted by molar-refractivity contribution is 7.93. The number of benzene rings is 1.